The van der Waals surface area contributed by atoms with Crippen LogP contribution in [0.15, 0.2) is 11.0 Å². The molecule has 82 valence electrons. The monoisotopic (exact) mass is 247 g/mol. The predicted octanol–water partition coefficient (Wildman–Crippen LogP) is 2.11. The maximum absolute atomic E-state index is 11.2. The first-order chi connectivity index (χ1) is 6.93. The highest BCUT2D eigenvalue weighted by Gasteiger charge is 2.27. The lowest BCUT2D eigenvalue weighted by molar-refractivity contribution is 0.482. The number of rotatable bonds is 1. The van der Waals surface area contributed by atoms with E-state index in [0.717, 1.165) is 6.42 Å². The fourth-order valence-electron chi connectivity index (χ4n) is 1.80. The molecule has 15 heavy (non-hydrogen) atoms. The largest absolute Gasteiger partial charge is 0.342 e. The molecule has 2 rings (SSSR count). The molecule has 0 bridgehead atoms. The van der Waals surface area contributed by atoms with Crippen molar-refractivity contribution in [1.29, 1.82) is 0 Å². The molecule has 0 saturated heterocycles. The first-order valence-corrected chi connectivity index (χ1v) is 6.27. The number of hydrogen-bond acceptors (Lipinski definition) is 2. The summed E-state index contributed by atoms with van der Waals surface area (Å²) in [6.45, 7) is 2.42. The van der Waals surface area contributed by atoms with Gasteiger partial charge in [-0.15, -0.1) is 0 Å². The van der Waals surface area contributed by atoms with Gasteiger partial charge < -0.3 is 4.57 Å². The van der Waals surface area contributed by atoms with Crippen molar-refractivity contribution >= 4 is 27.8 Å². The maximum Gasteiger partial charge on any atom is 0.298 e. The third-order valence-electron chi connectivity index (χ3n) is 2.50. The van der Waals surface area contributed by atoms with Crippen molar-refractivity contribution in [2.75, 3.05) is 0 Å². The van der Waals surface area contributed by atoms with Gasteiger partial charge in [-0.2, -0.15) is 8.42 Å². The molecule has 0 fully saturated rings. The zero-order valence-corrected chi connectivity index (χ0v) is 9.64. The topological polar surface area (TPSA) is 59.3 Å². The minimum atomic E-state index is -4.26. The third kappa shape index (κ3) is 1.60. The summed E-state index contributed by atoms with van der Waals surface area (Å²) in [5.41, 5.74) is 1.13. The molecule has 0 amide bonds. The van der Waals surface area contributed by atoms with E-state index in [1.54, 1.807) is 17.6 Å². The van der Waals surface area contributed by atoms with E-state index in [-0.39, 0.29) is 9.92 Å². The molecule has 4 nitrogen and oxygen atoms in total. The van der Waals surface area contributed by atoms with E-state index in [2.05, 4.69) is 0 Å². The zero-order chi connectivity index (χ0) is 11.2. The standard InChI is InChI=1S/C9H10ClNO3S/c1-6-8(10)9(15(12,13)14)7-4-2-3-5-11(6)7/h2,4H,3,5H2,1H3,(H,12,13,14). The number of nitrogens with zero attached hydrogens (tertiary/aromatic N) is 1. The number of hydrogen-bond donors (Lipinski definition) is 1. The Hall–Kier alpha value is -0.780. The highest BCUT2D eigenvalue weighted by atomic mass is 35.5. The van der Waals surface area contributed by atoms with E-state index in [9.17, 15) is 8.42 Å². The molecule has 1 N–H and O–H groups in total. The first kappa shape index (κ1) is 10.7. The molecule has 0 atom stereocenters. The van der Waals surface area contributed by atoms with Crippen LogP contribution in [0.4, 0.5) is 0 Å². The van der Waals surface area contributed by atoms with Crippen molar-refractivity contribution < 1.29 is 13.0 Å². The molecule has 0 radical (unpaired) electrons. The van der Waals surface area contributed by atoms with Gasteiger partial charge in [0, 0.05) is 12.2 Å². The van der Waals surface area contributed by atoms with Crippen molar-refractivity contribution in [2.24, 2.45) is 0 Å². The van der Waals surface area contributed by atoms with E-state index < -0.39 is 10.1 Å². The number of allylic oxidation sites excluding steroid dienone is 1. The molecule has 2 heterocycles. The summed E-state index contributed by atoms with van der Waals surface area (Å²) in [6, 6.07) is 0. The van der Waals surface area contributed by atoms with Crippen LogP contribution in [0.3, 0.4) is 0 Å². The smallest absolute Gasteiger partial charge is 0.298 e. The van der Waals surface area contributed by atoms with Crippen LogP contribution in [-0.4, -0.2) is 17.5 Å². The zero-order valence-electron chi connectivity index (χ0n) is 8.07. The van der Waals surface area contributed by atoms with Crippen LogP contribution in [0.5, 0.6) is 0 Å². The second kappa shape index (κ2) is 3.37. The maximum atomic E-state index is 11.2. The van der Waals surface area contributed by atoms with E-state index in [1.165, 1.54) is 0 Å². The molecule has 1 aromatic heterocycles. The summed E-state index contributed by atoms with van der Waals surface area (Å²) < 4.78 is 33.2. The van der Waals surface area contributed by atoms with Crippen molar-refractivity contribution in [3.8, 4) is 0 Å². The molecule has 0 aromatic carbocycles. The van der Waals surface area contributed by atoms with E-state index >= 15 is 0 Å². The average Bonchev–Trinajstić information content (AvgIpc) is 2.39. The highest BCUT2D eigenvalue weighted by molar-refractivity contribution is 7.86. The summed E-state index contributed by atoms with van der Waals surface area (Å²) in [6.07, 6.45) is 4.37. The molecule has 0 aliphatic carbocycles. The van der Waals surface area contributed by atoms with E-state index in [1.807, 2.05) is 6.08 Å². The molecule has 0 spiro atoms. The van der Waals surface area contributed by atoms with Crippen LogP contribution in [-0.2, 0) is 16.7 Å². The fourth-order valence-corrected chi connectivity index (χ4v) is 3.10. The predicted molar refractivity (Wildman–Crippen MR) is 57.6 cm³/mol. The summed E-state index contributed by atoms with van der Waals surface area (Å²) >= 11 is 5.90. The summed E-state index contributed by atoms with van der Waals surface area (Å²) in [4.78, 5) is -0.183. The van der Waals surface area contributed by atoms with Gasteiger partial charge in [-0.1, -0.05) is 17.7 Å². The lowest BCUT2D eigenvalue weighted by Crippen LogP contribution is -2.07. The lowest BCUT2D eigenvalue weighted by Gasteiger charge is -2.11. The van der Waals surface area contributed by atoms with Gasteiger partial charge in [-0.3, -0.25) is 4.55 Å². The number of halogens is 1. The van der Waals surface area contributed by atoms with Crippen LogP contribution >= 0.6 is 11.6 Å². The average molecular weight is 248 g/mol. The molecule has 1 aromatic rings. The fraction of sp³-hybridized carbons (Fsp3) is 0.333. The van der Waals surface area contributed by atoms with Crippen molar-refractivity contribution in [1.82, 2.24) is 4.57 Å². The Labute approximate surface area is 92.9 Å². The number of fused-ring (bicyclic) bond motifs is 1. The molecule has 6 heteroatoms. The van der Waals surface area contributed by atoms with Crippen molar-refractivity contribution in [3.05, 3.63) is 22.5 Å². The summed E-state index contributed by atoms with van der Waals surface area (Å²) in [5.74, 6) is 0. The van der Waals surface area contributed by atoms with Gasteiger partial charge in [0.15, 0.2) is 0 Å². The Morgan fingerprint density at radius 2 is 2.20 bits per heavy atom. The Morgan fingerprint density at radius 1 is 1.53 bits per heavy atom. The lowest BCUT2D eigenvalue weighted by atomic mass is 10.2. The van der Waals surface area contributed by atoms with E-state index in [0.29, 0.717) is 17.9 Å². The second-order valence-corrected chi connectivity index (χ2v) is 5.17. The SMILES string of the molecule is Cc1c(Cl)c(S(=O)(=O)O)c2n1CCC=C2. The second-order valence-electron chi connectivity index (χ2n) is 3.43. The van der Waals surface area contributed by atoms with E-state index in [4.69, 9.17) is 16.2 Å². The van der Waals surface area contributed by atoms with Crippen LogP contribution in [0, 0.1) is 6.92 Å². The normalized spacial score (nSPS) is 15.4. The van der Waals surface area contributed by atoms with Crippen LogP contribution < -0.4 is 0 Å². The molecule has 0 saturated carbocycles. The molecular weight excluding hydrogens is 238 g/mol. The quantitative estimate of drug-likeness (QED) is 0.774. The molecule has 1 aliphatic heterocycles. The molecular formula is C9H10ClNO3S. The summed E-state index contributed by atoms with van der Waals surface area (Å²) in [7, 11) is -4.26. The van der Waals surface area contributed by atoms with Gasteiger partial charge in [-0.25, -0.2) is 0 Å². The molecule has 1 aliphatic rings. The Morgan fingerprint density at radius 3 is 2.80 bits per heavy atom. The Bertz CT molecular complexity index is 542. The van der Waals surface area contributed by atoms with Gasteiger partial charge in [0.05, 0.1) is 10.7 Å². The first-order valence-electron chi connectivity index (χ1n) is 4.45. The van der Waals surface area contributed by atoms with Gasteiger partial charge >= 0.3 is 0 Å². The Balaban J connectivity index is 2.83. The van der Waals surface area contributed by atoms with Gasteiger partial charge in [0.25, 0.3) is 10.1 Å². The van der Waals surface area contributed by atoms with Gasteiger partial charge in [0.2, 0.25) is 0 Å². The summed E-state index contributed by atoms with van der Waals surface area (Å²) in [5, 5.41) is 0.110. The van der Waals surface area contributed by atoms with Crippen LogP contribution in [0.25, 0.3) is 6.08 Å². The van der Waals surface area contributed by atoms with Crippen LogP contribution in [0.2, 0.25) is 5.02 Å². The minimum absolute atomic E-state index is 0.110. The third-order valence-corrected chi connectivity index (χ3v) is 4.00. The molecule has 0 unspecified atom stereocenters. The highest BCUT2D eigenvalue weighted by Crippen LogP contribution is 2.34. The van der Waals surface area contributed by atoms with Crippen LogP contribution in [0.1, 0.15) is 17.8 Å². The van der Waals surface area contributed by atoms with Gasteiger partial charge in [-0.05, 0) is 19.4 Å². The van der Waals surface area contributed by atoms with Crippen molar-refractivity contribution in [3.63, 3.8) is 0 Å². The van der Waals surface area contributed by atoms with Crippen molar-refractivity contribution in [2.45, 2.75) is 24.8 Å². The Kier molecular flexibility index (Phi) is 2.41. The number of aromatic nitrogens is 1. The minimum Gasteiger partial charge on any atom is -0.342 e. The van der Waals surface area contributed by atoms with Gasteiger partial charge in [0.1, 0.15) is 4.90 Å².